The van der Waals surface area contributed by atoms with Gasteiger partial charge in [0.05, 0.1) is 13.9 Å². The number of nitriles is 1. The van der Waals surface area contributed by atoms with Crippen LogP contribution in [0.5, 0.6) is 0 Å². The summed E-state index contributed by atoms with van der Waals surface area (Å²) in [7, 11) is -1.10. The molecule has 0 aromatic heterocycles. The van der Waals surface area contributed by atoms with Crippen LogP contribution in [0, 0.1) is 11.3 Å². The van der Waals surface area contributed by atoms with E-state index in [4.69, 9.17) is 5.26 Å². The van der Waals surface area contributed by atoms with Gasteiger partial charge in [-0.25, -0.2) is 8.78 Å². The molecule has 4 heteroatoms. The Kier molecular flexibility index (Phi) is 1.13. The van der Waals surface area contributed by atoms with Crippen LogP contribution in [0.25, 0.3) is 0 Å². The SMILES string of the molecule is [BH3-]C(F)(F)C#N. The maximum Gasteiger partial charge on any atom is 0.192 e. The van der Waals surface area contributed by atoms with Crippen molar-refractivity contribution in [1.29, 1.82) is 5.26 Å². The summed E-state index contributed by atoms with van der Waals surface area (Å²) < 4.78 is 22.4. The Morgan fingerprint density at radius 2 is 1.83 bits per heavy atom. The number of hydrogen-bond acceptors (Lipinski definition) is 1. The van der Waals surface area contributed by atoms with Crippen LogP contribution in [0.15, 0.2) is 0 Å². The molecule has 0 N–H and O–H groups in total. The molecule has 34 valence electrons. The van der Waals surface area contributed by atoms with Crippen molar-refractivity contribution in [2.24, 2.45) is 0 Å². The summed E-state index contributed by atoms with van der Waals surface area (Å²) in [5.74, 6) is -2.90. The first-order chi connectivity index (χ1) is 2.56. The van der Waals surface area contributed by atoms with Gasteiger partial charge in [-0.05, 0) is 0 Å². The molecule has 0 aromatic rings. The first-order valence-electron chi connectivity index (χ1n) is 0.852. The van der Waals surface area contributed by atoms with Crippen molar-refractivity contribution in [3.05, 3.63) is 0 Å². The highest BCUT2D eigenvalue weighted by molar-refractivity contribution is 6.15. The van der Waals surface area contributed by atoms with Gasteiger partial charge in [0.2, 0.25) is 0 Å². The molecule has 0 aromatic carbocycles. The molecule has 0 saturated carbocycles. The minimum absolute atomic E-state index is 0.882. The molecular formula is C2H3BF2N-. The largest absolute Gasteiger partial charge is 0.237 e. The standard InChI is InChI=1S/C2H3BF2N/c3-2(4,5)1-6/h3H3/q-1. The fourth-order valence-electron chi connectivity index (χ4n) is 0. The molecule has 0 radical (unpaired) electrons. The lowest BCUT2D eigenvalue weighted by molar-refractivity contribution is 0.161. The van der Waals surface area contributed by atoms with Gasteiger partial charge in [0.15, 0.2) is 5.82 Å². The van der Waals surface area contributed by atoms with E-state index >= 15 is 0 Å². The van der Waals surface area contributed by atoms with E-state index in [1.807, 2.05) is 0 Å². The second-order valence-electron chi connectivity index (χ2n) is 0.372. The average molecular weight is 89.9 g/mol. The van der Waals surface area contributed by atoms with E-state index < -0.39 is 13.7 Å². The summed E-state index contributed by atoms with van der Waals surface area (Å²) in [4.78, 5) is 0. The molecule has 0 unspecified atom stereocenters. The summed E-state index contributed by atoms with van der Waals surface area (Å²) in [6, 6.07) is 0.882. The molecular weight excluding hydrogens is 86.8 g/mol. The van der Waals surface area contributed by atoms with Gasteiger partial charge in [-0.1, -0.05) is 0 Å². The van der Waals surface area contributed by atoms with Crippen molar-refractivity contribution in [3.8, 4) is 6.07 Å². The zero-order valence-electron chi connectivity index (χ0n) is 2.20. The number of alkyl halides is 2. The third kappa shape index (κ3) is 3.41. The Labute approximate surface area is 35.0 Å². The maximum absolute atomic E-state index is 11.2. The average Bonchev–Trinajstić information content (AvgIpc) is 1.35. The normalized spacial score (nSPS) is 10.3. The molecule has 0 aliphatic rings. The molecule has 0 bridgehead atoms. The third-order valence-electron chi connectivity index (χ3n) is 0.0845. The van der Waals surface area contributed by atoms with Crippen molar-refractivity contribution in [3.63, 3.8) is 0 Å². The van der Waals surface area contributed by atoms with Crippen LogP contribution in [0.4, 0.5) is 8.78 Å². The van der Waals surface area contributed by atoms with Gasteiger partial charge >= 0.3 is 0 Å². The molecule has 0 aliphatic carbocycles. The van der Waals surface area contributed by atoms with Gasteiger partial charge in [0, 0.05) is 0 Å². The highest BCUT2D eigenvalue weighted by Gasteiger charge is 2.09. The van der Waals surface area contributed by atoms with E-state index in [2.05, 4.69) is 0 Å². The molecule has 0 spiro atoms. The Morgan fingerprint density at radius 1 is 1.67 bits per heavy atom. The lowest BCUT2D eigenvalue weighted by Crippen LogP contribution is -2.10. The molecule has 0 heterocycles. The Hall–Kier alpha value is -0.585. The van der Waals surface area contributed by atoms with Crippen molar-refractivity contribution in [2.45, 2.75) is 5.82 Å². The quantitative estimate of drug-likeness (QED) is 0.366. The monoisotopic (exact) mass is 90.0 g/mol. The Morgan fingerprint density at radius 3 is 1.83 bits per heavy atom. The van der Waals surface area contributed by atoms with E-state index in [1.54, 1.807) is 0 Å². The lowest BCUT2D eigenvalue weighted by Gasteiger charge is -1.98. The molecule has 0 fully saturated rings. The van der Waals surface area contributed by atoms with Gasteiger partial charge < -0.3 is 0 Å². The Bertz CT molecular complexity index is 78.5. The van der Waals surface area contributed by atoms with Gasteiger partial charge in [-0.15, -0.1) is 0 Å². The molecule has 0 rings (SSSR count). The zero-order chi connectivity index (χ0) is 5.21. The van der Waals surface area contributed by atoms with Crippen LogP contribution in [0.2, 0.25) is 0 Å². The topological polar surface area (TPSA) is 23.8 Å². The van der Waals surface area contributed by atoms with Gasteiger partial charge in [0.1, 0.15) is 0 Å². The predicted molar refractivity (Wildman–Crippen MR) is 20.5 cm³/mol. The number of nitrogens with zero attached hydrogens (tertiary/aromatic N) is 1. The molecule has 0 atom stereocenters. The van der Waals surface area contributed by atoms with Gasteiger partial charge in [-0.2, -0.15) is 5.26 Å². The smallest absolute Gasteiger partial charge is 0.192 e. The lowest BCUT2D eigenvalue weighted by atomic mass is 10.0. The summed E-state index contributed by atoms with van der Waals surface area (Å²) in [5, 5.41) is 7.47. The van der Waals surface area contributed by atoms with Crippen molar-refractivity contribution in [2.75, 3.05) is 0 Å². The summed E-state index contributed by atoms with van der Waals surface area (Å²) >= 11 is 0. The van der Waals surface area contributed by atoms with E-state index in [1.165, 1.54) is 0 Å². The predicted octanol–water partition coefficient (Wildman–Crippen LogP) is -0.532. The maximum atomic E-state index is 11.2. The molecule has 0 amide bonds. The molecule has 6 heavy (non-hydrogen) atoms. The van der Waals surface area contributed by atoms with Crippen molar-refractivity contribution in [1.82, 2.24) is 0 Å². The fourth-order valence-corrected chi connectivity index (χ4v) is 0. The second-order valence-corrected chi connectivity index (χ2v) is 0.372. The van der Waals surface area contributed by atoms with Crippen LogP contribution in [0.3, 0.4) is 0 Å². The summed E-state index contributed by atoms with van der Waals surface area (Å²) in [5.41, 5.74) is 0. The van der Waals surface area contributed by atoms with Crippen molar-refractivity contribution < 1.29 is 8.78 Å². The second kappa shape index (κ2) is 1.25. The van der Waals surface area contributed by atoms with Gasteiger partial charge in [0.25, 0.3) is 0 Å². The van der Waals surface area contributed by atoms with E-state index in [9.17, 15) is 8.78 Å². The zero-order valence-corrected chi connectivity index (χ0v) is 2.20. The van der Waals surface area contributed by atoms with Crippen LogP contribution < -0.4 is 0 Å². The van der Waals surface area contributed by atoms with Gasteiger partial charge in [-0.3, -0.25) is 0 Å². The summed E-state index contributed by atoms with van der Waals surface area (Å²) in [6.07, 6.45) is 0. The highest BCUT2D eigenvalue weighted by Crippen LogP contribution is 2.01. The third-order valence-corrected chi connectivity index (χ3v) is 0.0845. The van der Waals surface area contributed by atoms with Crippen molar-refractivity contribution >= 4 is 7.85 Å². The molecule has 0 aliphatic heterocycles. The number of hydrogen-bond donors (Lipinski definition) is 0. The van der Waals surface area contributed by atoms with Crippen LogP contribution in [-0.4, -0.2) is 13.7 Å². The van der Waals surface area contributed by atoms with Crippen LogP contribution in [0.1, 0.15) is 0 Å². The highest BCUT2D eigenvalue weighted by atomic mass is 19.3. The van der Waals surface area contributed by atoms with Crippen LogP contribution >= 0.6 is 0 Å². The van der Waals surface area contributed by atoms with E-state index in [0.717, 1.165) is 6.07 Å². The number of halogens is 2. The molecule has 1 nitrogen and oxygen atoms in total. The summed E-state index contributed by atoms with van der Waals surface area (Å²) in [6.45, 7) is 0. The molecule has 0 saturated heterocycles. The minimum Gasteiger partial charge on any atom is -0.237 e. The van der Waals surface area contributed by atoms with E-state index in [0.29, 0.717) is 0 Å². The first kappa shape index (κ1) is 5.41. The number of rotatable bonds is 0. The minimum atomic E-state index is -2.90. The van der Waals surface area contributed by atoms with E-state index in [-0.39, 0.29) is 0 Å². The Balaban J connectivity index is 3.55. The fraction of sp³-hybridized carbons (Fsp3) is 0.500. The first-order valence-corrected chi connectivity index (χ1v) is 0.852. The van der Waals surface area contributed by atoms with Crippen LogP contribution in [-0.2, 0) is 0 Å².